The average Bonchev–Trinajstić information content (AvgIpc) is 1.99. The highest BCUT2D eigenvalue weighted by molar-refractivity contribution is 9.11. The summed E-state index contributed by atoms with van der Waals surface area (Å²) in [5.41, 5.74) is -4.75. The van der Waals surface area contributed by atoms with Crippen LogP contribution in [0.15, 0.2) is 26.0 Å². The maximum Gasteiger partial charge on any atom is 0.578 e. The van der Waals surface area contributed by atoms with Gasteiger partial charge in [0, 0.05) is 15.0 Å². The Morgan fingerprint density at radius 1 is 1.29 bits per heavy atom. The Morgan fingerprint density at radius 3 is 2.29 bits per heavy atom. The Hall–Kier alpha value is 0.280. The van der Waals surface area contributed by atoms with Crippen molar-refractivity contribution < 1.29 is 17.7 Å². The quantitative estimate of drug-likeness (QED) is 0.709. The first-order chi connectivity index (χ1) is 6.30. The molecule has 0 aliphatic carbocycles. The van der Waals surface area contributed by atoms with Gasteiger partial charge in [0.05, 0.1) is 17.2 Å². The van der Waals surface area contributed by atoms with Crippen molar-refractivity contribution in [1.82, 2.24) is 0 Å². The molecule has 14 heavy (non-hydrogen) atoms. The zero-order valence-corrected chi connectivity index (χ0v) is 10.3. The maximum absolute atomic E-state index is 12.0. The van der Waals surface area contributed by atoms with Crippen LogP contribution in [0.2, 0.25) is 0 Å². The van der Waals surface area contributed by atoms with E-state index in [-0.39, 0.29) is 0 Å². The summed E-state index contributed by atoms with van der Waals surface area (Å²) in [4.78, 5) is -0.404. The highest BCUT2D eigenvalue weighted by Gasteiger charge is 2.46. The van der Waals surface area contributed by atoms with E-state index in [1.807, 2.05) is 0 Å². The molecule has 0 saturated heterocycles. The third-order valence-electron chi connectivity index (χ3n) is 1.19. The third-order valence-corrected chi connectivity index (χ3v) is 3.11. The van der Waals surface area contributed by atoms with Crippen molar-refractivity contribution >= 4 is 43.0 Å². The Bertz CT molecular complexity index is 322. The number of hydrogen-bond acceptors (Lipinski definition) is 1. The zero-order chi connectivity index (χ0) is 10.9. The van der Waals surface area contributed by atoms with Crippen LogP contribution >= 0.6 is 31.9 Å². The lowest BCUT2D eigenvalue weighted by atomic mass is 10.4. The Morgan fingerprint density at radius 2 is 1.86 bits per heavy atom. The van der Waals surface area contributed by atoms with Crippen LogP contribution in [0.5, 0.6) is 0 Å². The van der Waals surface area contributed by atoms with Gasteiger partial charge >= 0.3 is 5.51 Å². The molecule has 0 amide bonds. The summed E-state index contributed by atoms with van der Waals surface area (Å²) in [6.07, 6.45) is 0. The van der Waals surface area contributed by atoms with Crippen LogP contribution in [0, 0.1) is 6.07 Å². The predicted molar refractivity (Wildman–Crippen MR) is 53.1 cm³/mol. The van der Waals surface area contributed by atoms with Crippen molar-refractivity contribution in [2.24, 2.45) is 0 Å². The van der Waals surface area contributed by atoms with Crippen molar-refractivity contribution in [1.29, 1.82) is 0 Å². The molecule has 1 aromatic rings. The summed E-state index contributed by atoms with van der Waals surface area (Å²) in [7, 11) is 0. The highest BCUT2D eigenvalue weighted by Crippen LogP contribution is 2.32. The fraction of sp³-hybridized carbons (Fsp3) is 0.143. The van der Waals surface area contributed by atoms with Crippen molar-refractivity contribution in [3.8, 4) is 0 Å². The Kier molecular flexibility index (Phi) is 3.90. The fourth-order valence-electron chi connectivity index (χ4n) is 0.702. The first-order valence-electron chi connectivity index (χ1n) is 3.17. The molecule has 0 spiro atoms. The molecule has 1 unspecified atom stereocenters. The van der Waals surface area contributed by atoms with Crippen LogP contribution in [0.1, 0.15) is 0 Å². The number of alkyl halides is 3. The SMILES string of the molecule is [O-][S+](c1[c]c(Br)cc(Br)c1)C(F)(F)F. The lowest BCUT2D eigenvalue weighted by Crippen LogP contribution is -2.23. The topological polar surface area (TPSA) is 23.1 Å². The van der Waals surface area contributed by atoms with Gasteiger partial charge in [0.1, 0.15) is 0 Å². The van der Waals surface area contributed by atoms with Crippen LogP contribution < -0.4 is 0 Å². The summed E-state index contributed by atoms with van der Waals surface area (Å²) < 4.78 is 47.8. The second-order valence-electron chi connectivity index (χ2n) is 2.23. The molecule has 0 bridgehead atoms. The molecule has 0 N–H and O–H groups in total. The van der Waals surface area contributed by atoms with Crippen LogP contribution in [0.3, 0.4) is 0 Å². The van der Waals surface area contributed by atoms with Crippen LogP contribution in [0.4, 0.5) is 13.2 Å². The van der Waals surface area contributed by atoms with Gasteiger partial charge in [-0.3, -0.25) is 0 Å². The van der Waals surface area contributed by atoms with Crippen molar-refractivity contribution in [2.45, 2.75) is 10.4 Å². The lowest BCUT2D eigenvalue weighted by molar-refractivity contribution is -0.0435. The summed E-state index contributed by atoms with van der Waals surface area (Å²) in [5.74, 6) is 0. The van der Waals surface area contributed by atoms with E-state index < -0.39 is 21.6 Å². The third kappa shape index (κ3) is 3.15. The predicted octanol–water partition coefficient (Wildman–Crippen LogP) is 3.64. The lowest BCUT2D eigenvalue weighted by Gasteiger charge is -2.12. The fourth-order valence-corrected chi connectivity index (χ4v) is 2.90. The molecule has 1 rings (SSSR count). The van der Waals surface area contributed by atoms with Crippen molar-refractivity contribution in [2.75, 3.05) is 0 Å². The van der Waals surface area contributed by atoms with Gasteiger partial charge in [-0.2, -0.15) is 0 Å². The smallest absolute Gasteiger partial charge is 0.578 e. The van der Waals surface area contributed by atoms with E-state index in [1.54, 1.807) is 0 Å². The van der Waals surface area contributed by atoms with Crippen LogP contribution in [0.25, 0.3) is 0 Å². The van der Waals surface area contributed by atoms with Gasteiger partial charge in [0.15, 0.2) is 4.90 Å². The summed E-state index contributed by atoms with van der Waals surface area (Å²) >= 11 is 2.92. The standard InChI is InChI=1S/C7H2Br2F3OS/c8-4-1-5(9)3-6(2-4)14(13)7(10,11)12/h1-2H. The van der Waals surface area contributed by atoms with E-state index in [1.165, 1.54) is 6.07 Å². The molecule has 0 fully saturated rings. The number of halogens is 5. The first kappa shape index (κ1) is 12.4. The van der Waals surface area contributed by atoms with Gasteiger partial charge in [0.2, 0.25) is 0 Å². The Labute approximate surface area is 98.1 Å². The van der Waals surface area contributed by atoms with Gasteiger partial charge in [-0.25, -0.2) is 0 Å². The molecule has 77 valence electrons. The largest absolute Gasteiger partial charge is 0.604 e. The highest BCUT2D eigenvalue weighted by atomic mass is 79.9. The second kappa shape index (κ2) is 4.42. The first-order valence-corrected chi connectivity index (χ1v) is 5.91. The molecule has 0 aliphatic heterocycles. The van der Waals surface area contributed by atoms with Gasteiger partial charge < -0.3 is 4.55 Å². The molecule has 0 aliphatic rings. The van der Waals surface area contributed by atoms with Crippen molar-refractivity contribution in [3.63, 3.8) is 0 Å². The molecule has 0 saturated carbocycles. The van der Waals surface area contributed by atoms with E-state index in [4.69, 9.17) is 0 Å². The molecular weight excluding hydrogens is 349 g/mol. The number of rotatable bonds is 1. The molecule has 1 atom stereocenters. The molecule has 7 heteroatoms. The summed E-state index contributed by atoms with van der Waals surface area (Å²) in [5, 5.41) is 0. The molecule has 1 radical (unpaired) electrons. The minimum Gasteiger partial charge on any atom is -0.604 e. The van der Waals surface area contributed by atoms with Crippen LogP contribution in [-0.2, 0) is 11.2 Å². The van der Waals surface area contributed by atoms with Gasteiger partial charge in [0.25, 0.3) is 0 Å². The molecule has 1 nitrogen and oxygen atoms in total. The second-order valence-corrected chi connectivity index (χ2v) is 5.44. The maximum atomic E-state index is 12.0. The molecule has 0 aromatic heterocycles. The normalized spacial score (nSPS) is 14.1. The van der Waals surface area contributed by atoms with E-state index >= 15 is 0 Å². The number of hydrogen-bond donors (Lipinski definition) is 0. The van der Waals surface area contributed by atoms with Crippen molar-refractivity contribution in [3.05, 3.63) is 27.1 Å². The summed E-state index contributed by atoms with van der Waals surface area (Å²) in [6.45, 7) is 0. The monoisotopic (exact) mass is 349 g/mol. The minimum atomic E-state index is -4.75. The molecule has 0 heterocycles. The zero-order valence-electron chi connectivity index (χ0n) is 6.36. The Balaban J connectivity index is 3.07. The molecule has 1 aromatic carbocycles. The minimum absolute atomic E-state index is 0.319. The van der Waals surface area contributed by atoms with Gasteiger partial charge in [-0.15, -0.1) is 13.2 Å². The van der Waals surface area contributed by atoms with E-state index in [2.05, 4.69) is 37.9 Å². The molecular formula is C7H2Br2F3OS. The average molecular weight is 351 g/mol. The van der Waals surface area contributed by atoms with Gasteiger partial charge in [-0.1, -0.05) is 15.9 Å². The van der Waals surface area contributed by atoms with Gasteiger partial charge in [-0.05, 0) is 22.0 Å². The van der Waals surface area contributed by atoms with E-state index in [0.29, 0.717) is 8.95 Å². The summed E-state index contributed by atoms with van der Waals surface area (Å²) in [6, 6.07) is 4.95. The number of benzene rings is 1. The van der Waals surface area contributed by atoms with E-state index in [9.17, 15) is 17.7 Å². The van der Waals surface area contributed by atoms with E-state index in [0.717, 1.165) is 6.07 Å². The van der Waals surface area contributed by atoms with Crippen LogP contribution in [-0.4, -0.2) is 10.1 Å².